The number of carboxylic acids is 1. The number of carboxylic acid groups (broad SMARTS) is 1. The quantitative estimate of drug-likeness (QED) is 0.788. The zero-order valence-electron chi connectivity index (χ0n) is 9.68. The SMILES string of the molecule is O=C(O)c1ccc(OCc2cn3ccsc3n2)cn1. The molecule has 3 aromatic heterocycles. The second-order valence-corrected chi connectivity index (χ2v) is 4.67. The van der Waals surface area contributed by atoms with E-state index in [1.54, 1.807) is 17.4 Å². The Morgan fingerprint density at radius 3 is 3.05 bits per heavy atom. The van der Waals surface area contributed by atoms with Crippen LogP contribution < -0.4 is 4.74 Å². The Balaban J connectivity index is 1.68. The van der Waals surface area contributed by atoms with Gasteiger partial charge in [0.05, 0.1) is 11.9 Å². The molecular weight excluding hydrogens is 266 g/mol. The second kappa shape index (κ2) is 4.69. The van der Waals surface area contributed by atoms with Crippen molar-refractivity contribution in [2.24, 2.45) is 0 Å². The standard InChI is InChI=1S/C12H9N3O3S/c16-11(17)10-2-1-9(5-13-10)18-7-8-6-15-3-4-19-12(15)14-8/h1-6H,7H2,(H,16,17). The van der Waals surface area contributed by atoms with E-state index in [1.807, 2.05) is 22.2 Å². The minimum Gasteiger partial charge on any atom is -0.486 e. The molecule has 0 radical (unpaired) electrons. The topological polar surface area (TPSA) is 76.7 Å². The molecule has 0 aliphatic rings. The minimum atomic E-state index is -1.05. The van der Waals surface area contributed by atoms with Crippen LogP contribution in [0.3, 0.4) is 0 Å². The molecule has 19 heavy (non-hydrogen) atoms. The Hall–Kier alpha value is -2.41. The van der Waals surface area contributed by atoms with E-state index in [4.69, 9.17) is 9.84 Å². The summed E-state index contributed by atoms with van der Waals surface area (Å²) in [6.07, 6.45) is 5.21. The van der Waals surface area contributed by atoms with Gasteiger partial charge in [-0.25, -0.2) is 14.8 Å². The van der Waals surface area contributed by atoms with E-state index in [0.29, 0.717) is 12.4 Å². The molecule has 6 nitrogen and oxygen atoms in total. The fraction of sp³-hybridized carbons (Fsp3) is 0.0833. The summed E-state index contributed by atoms with van der Waals surface area (Å²) >= 11 is 1.55. The van der Waals surface area contributed by atoms with E-state index in [1.165, 1.54) is 12.3 Å². The maximum absolute atomic E-state index is 10.6. The van der Waals surface area contributed by atoms with Gasteiger partial charge in [-0.15, -0.1) is 11.3 Å². The van der Waals surface area contributed by atoms with Crippen molar-refractivity contribution in [2.45, 2.75) is 6.61 Å². The van der Waals surface area contributed by atoms with Crippen molar-refractivity contribution >= 4 is 22.3 Å². The second-order valence-electron chi connectivity index (χ2n) is 3.80. The molecule has 0 aliphatic carbocycles. The molecule has 0 atom stereocenters. The van der Waals surface area contributed by atoms with Gasteiger partial charge < -0.3 is 9.84 Å². The van der Waals surface area contributed by atoms with Crippen LogP contribution in [0.4, 0.5) is 0 Å². The molecule has 0 amide bonds. The molecule has 0 saturated carbocycles. The molecule has 3 rings (SSSR count). The first-order chi connectivity index (χ1) is 9.22. The van der Waals surface area contributed by atoms with E-state index in [-0.39, 0.29) is 5.69 Å². The Morgan fingerprint density at radius 1 is 1.47 bits per heavy atom. The van der Waals surface area contributed by atoms with Gasteiger partial charge in [0.2, 0.25) is 0 Å². The highest BCUT2D eigenvalue weighted by atomic mass is 32.1. The zero-order chi connectivity index (χ0) is 13.2. The highest BCUT2D eigenvalue weighted by Gasteiger charge is 2.06. The van der Waals surface area contributed by atoms with Crippen LogP contribution in [0.25, 0.3) is 4.96 Å². The number of ether oxygens (including phenoxy) is 1. The van der Waals surface area contributed by atoms with Gasteiger partial charge in [-0.05, 0) is 12.1 Å². The van der Waals surface area contributed by atoms with Gasteiger partial charge in [-0.3, -0.25) is 4.40 Å². The number of thiazole rings is 1. The number of nitrogens with zero attached hydrogens (tertiary/aromatic N) is 3. The lowest BCUT2D eigenvalue weighted by Gasteiger charge is -2.03. The summed E-state index contributed by atoms with van der Waals surface area (Å²) in [6, 6.07) is 2.98. The third-order valence-electron chi connectivity index (χ3n) is 2.49. The lowest BCUT2D eigenvalue weighted by Crippen LogP contribution is -2.01. The highest BCUT2D eigenvalue weighted by molar-refractivity contribution is 7.15. The minimum absolute atomic E-state index is 0.00476. The number of rotatable bonds is 4. The number of aromatic carboxylic acids is 1. The molecule has 0 saturated heterocycles. The molecule has 0 fully saturated rings. The van der Waals surface area contributed by atoms with E-state index < -0.39 is 5.97 Å². The van der Waals surface area contributed by atoms with Gasteiger partial charge in [0.1, 0.15) is 18.1 Å². The third kappa shape index (κ3) is 2.41. The summed E-state index contributed by atoms with van der Waals surface area (Å²) in [7, 11) is 0. The van der Waals surface area contributed by atoms with Crippen molar-refractivity contribution in [1.82, 2.24) is 14.4 Å². The van der Waals surface area contributed by atoms with Crippen molar-refractivity contribution in [1.29, 1.82) is 0 Å². The Labute approximate surface area is 111 Å². The maximum atomic E-state index is 10.6. The fourth-order valence-electron chi connectivity index (χ4n) is 1.60. The summed E-state index contributed by atoms with van der Waals surface area (Å²) in [4.78, 5) is 19.7. The predicted octanol–water partition coefficient (Wildman–Crippen LogP) is 2.07. The van der Waals surface area contributed by atoms with Crippen molar-refractivity contribution < 1.29 is 14.6 Å². The van der Waals surface area contributed by atoms with Gasteiger partial charge >= 0.3 is 5.97 Å². The average Bonchev–Trinajstić information content (AvgIpc) is 2.97. The summed E-state index contributed by atoms with van der Waals surface area (Å²) in [5.41, 5.74) is 0.809. The van der Waals surface area contributed by atoms with E-state index in [0.717, 1.165) is 10.7 Å². The predicted molar refractivity (Wildman–Crippen MR) is 68.6 cm³/mol. The summed E-state index contributed by atoms with van der Waals surface area (Å²) in [5.74, 6) is -0.540. The highest BCUT2D eigenvalue weighted by Crippen LogP contribution is 2.14. The van der Waals surface area contributed by atoms with E-state index >= 15 is 0 Å². The van der Waals surface area contributed by atoms with Gasteiger partial charge in [0.15, 0.2) is 4.96 Å². The molecule has 0 unspecified atom stereocenters. The van der Waals surface area contributed by atoms with Gasteiger partial charge in [-0.2, -0.15) is 0 Å². The monoisotopic (exact) mass is 275 g/mol. The average molecular weight is 275 g/mol. The van der Waals surface area contributed by atoms with E-state index in [2.05, 4.69) is 9.97 Å². The number of aromatic nitrogens is 3. The van der Waals surface area contributed by atoms with Gasteiger partial charge in [-0.1, -0.05) is 0 Å². The first kappa shape index (κ1) is 11.7. The van der Waals surface area contributed by atoms with E-state index in [9.17, 15) is 4.79 Å². The summed E-state index contributed by atoms with van der Waals surface area (Å²) in [5, 5.41) is 10.7. The lowest BCUT2D eigenvalue weighted by molar-refractivity contribution is 0.0690. The maximum Gasteiger partial charge on any atom is 0.354 e. The fourth-order valence-corrected chi connectivity index (χ4v) is 2.31. The normalized spacial score (nSPS) is 10.7. The number of imidazole rings is 1. The molecule has 3 heterocycles. The molecule has 3 aromatic rings. The molecular formula is C12H9N3O3S. The van der Waals surface area contributed by atoms with Crippen molar-refractivity contribution in [3.63, 3.8) is 0 Å². The molecule has 96 valence electrons. The molecule has 1 N–H and O–H groups in total. The molecule has 7 heteroatoms. The largest absolute Gasteiger partial charge is 0.486 e. The number of pyridine rings is 1. The van der Waals surface area contributed by atoms with Crippen LogP contribution in [-0.4, -0.2) is 25.4 Å². The number of hydrogen-bond donors (Lipinski definition) is 1. The first-order valence-corrected chi connectivity index (χ1v) is 6.33. The van der Waals surface area contributed by atoms with Crippen molar-refractivity contribution in [2.75, 3.05) is 0 Å². The lowest BCUT2D eigenvalue weighted by atomic mass is 10.3. The van der Waals surface area contributed by atoms with Gasteiger partial charge in [0.25, 0.3) is 0 Å². The molecule has 0 bridgehead atoms. The van der Waals surface area contributed by atoms with Crippen molar-refractivity contribution in [3.8, 4) is 5.75 Å². The van der Waals surface area contributed by atoms with Crippen LogP contribution in [-0.2, 0) is 6.61 Å². The Morgan fingerprint density at radius 2 is 2.37 bits per heavy atom. The Kier molecular flexibility index (Phi) is 2.88. The number of hydrogen-bond acceptors (Lipinski definition) is 5. The smallest absolute Gasteiger partial charge is 0.354 e. The third-order valence-corrected chi connectivity index (χ3v) is 3.26. The van der Waals surface area contributed by atoms with Crippen LogP contribution >= 0.6 is 11.3 Å². The van der Waals surface area contributed by atoms with Crippen LogP contribution in [0, 0.1) is 0 Å². The summed E-state index contributed by atoms with van der Waals surface area (Å²) < 4.78 is 7.42. The molecule has 0 aliphatic heterocycles. The Bertz CT molecular complexity index is 689. The molecule has 0 aromatic carbocycles. The molecule has 0 spiro atoms. The van der Waals surface area contributed by atoms with Crippen LogP contribution in [0.15, 0.2) is 36.1 Å². The number of carbonyl (C=O) groups is 1. The first-order valence-electron chi connectivity index (χ1n) is 5.45. The zero-order valence-corrected chi connectivity index (χ0v) is 10.5. The van der Waals surface area contributed by atoms with Crippen LogP contribution in [0.1, 0.15) is 16.2 Å². The van der Waals surface area contributed by atoms with Crippen LogP contribution in [0.5, 0.6) is 5.75 Å². The number of fused-ring (bicyclic) bond motifs is 1. The van der Waals surface area contributed by atoms with Gasteiger partial charge in [0, 0.05) is 17.8 Å². The van der Waals surface area contributed by atoms with Crippen molar-refractivity contribution in [3.05, 3.63) is 47.5 Å². The summed E-state index contributed by atoms with van der Waals surface area (Å²) in [6.45, 7) is 0.322. The van der Waals surface area contributed by atoms with Crippen LogP contribution in [0.2, 0.25) is 0 Å².